The minimum Gasteiger partial charge on any atom is -0.396 e. The van der Waals surface area contributed by atoms with E-state index >= 15 is 0 Å². The normalized spacial score (nSPS) is 19.0. The molecule has 0 radical (unpaired) electrons. The van der Waals surface area contributed by atoms with E-state index in [-0.39, 0.29) is 20.2 Å². The van der Waals surface area contributed by atoms with Crippen molar-refractivity contribution in [1.29, 1.82) is 5.26 Å². The third-order valence-electron chi connectivity index (χ3n) is 3.48. The molecule has 0 atom stereocenters. The van der Waals surface area contributed by atoms with Crippen LogP contribution in [-0.2, 0) is 9.84 Å². The molecular weight excluding hydrogens is 326 g/mol. The second kappa shape index (κ2) is 5.71. The molecule has 0 aliphatic carbocycles. The number of nitriles is 1. The van der Waals surface area contributed by atoms with Crippen LogP contribution >= 0.6 is 23.1 Å². The lowest BCUT2D eigenvalue weighted by molar-refractivity contribution is 0.601. The zero-order chi connectivity index (χ0) is 15.8. The number of thiophene rings is 1. The quantitative estimate of drug-likeness (QED) is 0.885. The smallest absolute Gasteiger partial charge is 0.180 e. The van der Waals surface area contributed by atoms with E-state index in [2.05, 4.69) is 18.7 Å². The summed E-state index contributed by atoms with van der Waals surface area (Å²) in [7, 11) is -3.46. The summed E-state index contributed by atoms with van der Waals surface area (Å²) < 4.78 is 24.3. The molecule has 0 saturated carbocycles. The maximum Gasteiger partial charge on any atom is 0.180 e. The van der Waals surface area contributed by atoms with Gasteiger partial charge >= 0.3 is 0 Å². The number of rotatable bonds is 2. The summed E-state index contributed by atoms with van der Waals surface area (Å²) >= 11 is 3.07. The molecule has 0 unspecified atom stereocenters. The van der Waals surface area contributed by atoms with Crippen LogP contribution in [0.3, 0.4) is 0 Å². The third kappa shape index (κ3) is 3.47. The summed E-state index contributed by atoms with van der Waals surface area (Å²) in [5.41, 5.74) is 5.97. The predicted octanol–water partition coefficient (Wildman–Crippen LogP) is 2.33. The average molecular weight is 346 g/mol. The van der Waals surface area contributed by atoms with E-state index in [4.69, 9.17) is 11.0 Å². The summed E-state index contributed by atoms with van der Waals surface area (Å²) in [6.07, 6.45) is 2.10. The Bertz CT molecular complexity index is 686. The van der Waals surface area contributed by atoms with E-state index in [0.717, 1.165) is 31.5 Å². The highest BCUT2D eigenvalue weighted by atomic mass is 32.2. The van der Waals surface area contributed by atoms with Crippen molar-refractivity contribution in [3.8, 4) is 6.07 Å². The van der Waals surface area contributed by atoms with E-state index in [0.29, 0.717) is 5.00 Å². The number of hydrogen-bond acceptors (Lipinski definition) is 7. The fourth-order valence-corrected chi connectivity index (χ4v) is 5.95. The molecule has 0 amide bonds. The maximum absolute atomic E-state index is 12.0. The lowest BCUT2D eigenvalue weighted by Gasteiger charge is -2.23. The molecule has 1 saturated heterocycles. The highest BCUT2D eigenvalue weighted by molar-refractivity contribution is 8.00. The van der Waals surface area contributed by atoms with Gasteiger partial charge < -0.3 is 10.6 Å². The molecule has 0 spiro atoms. The van der Waals surface area contributed by atoms with Gasteiger partial charge in [0.25, 0.3) is 0 Å². The molecule has 2 rings (SSSR count). The van der Waals surface area contributed by atoms with Crippen molar-refractivity contribution in [2.75, 3.05) is 35.7 Å². The molecule has 2 N–H and O–H groups in total. The molecule has 1 aliphatic heterocycles. The summed E-state index contributed by atoms with van der Waals surface area (Å²) in [6, 6.07) is 2.00. The predicted molar refractivity (Wildman–Crippen MR) is 89.9 cm³/mol. The molecule has 1 aromatic heterocycles. The van der Waals surface area contributed by atoms with Crippen molar-refractivity contribution in [1.82, 2.24) is 0 Å². The van der Waals surface area contributed by atoms with Gasteiger partial charge in [-0.2, -0.15) is 17.0 Å². The first-order chi connectivity index (χ1) is 9.65. The Morgan fingerprint density at radius 2 is 2.05 bits per heavy atom. The fraction of sp³-hybridized carbons (Fsp3) is 0.615. The standard InChI is InChI=1S/C13H19N3O2S3/c1-13(2)4-5-16(6-7-19-13)12-11(21(3,17)18)10(15)9(8-14)20-12/h4-7,15H2,1-3H3. The van der Waals surface area contributed by atoms with E-state index in [9.17, 15) is 8.42 Å². The van der Waals surface area contributed by atoms with E-state index in [1.54, 1.807) is 0 Å². The van der Waals surface area contributed by atoms with Gasteiger partial charge in [-0.25, -0.2) is 8.42 Å². The van der Waals surface area contributed by atoms with Crippen LogP contribution in [0.5, 0.6) is 0 Å². The molecule has 1 fully saturated rings. The number of hydrogen-bond donors (Lipinski definition) is 1. The lowest BCUT2D eigenvalue weighted by Crippen LogP contribution is -2.27. The van der Waals surface area contributed by atoms with Crippen LogP contribution < -0.4 is 10.6 Å². The van der Waals surface area contributed by atoms with Gasteiger partial charge in [0.15, 0.2) is 9.84 Å². The SMILES string of the molecule is CC1(C)CCN(c2sc(C#N)c(N)c2S(C)(=O)=O)CCS1. The molecule has 8 heteroatoms. The molecule has 5 nitrogen and oxygen atoms in total. The van der Waals surface area contributed by atoms with Crippen molar-refractivity contribution in [2.24, 2.45) is 0 Å². The van der Waals surface area contributed by atoms with Gasteiger partial charge in [0.1, 0.15) is 20.8 Å². The second-order valence-corrected chi connectivity index (χ2v) is 10.5. The molecule has 0 aromatic carbocycles. The Balaban J connectivity index is 2.47. The van der Waals surface area contributed by atoms with Crippen LogP contribution in [0.25, 0.3) is 0 Å². The van der Waals surface area contributed by atoms with Crippen LogP contribution in [0.15, 0.2) is 4.90 Å². The van der Waals surface area contributed by atoms with Gasteiger partial charge in [-0.1, -0.05) is 13.8 Å². The van der Waals surface area contributed by atoms with E-state index < -0.39 is 9.84 Å². The zero-order valence-electron chi connectivity index (χ0n) is 12.3. The average Bonchev–Trinajstić information content (AvgIpc) is 2.59. The molecule has 21 heavy (non-hydrogen) atoms. The minimum atomic E-state index is -3.46. The van der Waals surface area contributed by atoms with Gasteiger partial charge in [0.05, 0.1) is 5.69 Å². The molecule has 116 valence electrons. The third-order valence-corrected chi connectivity index (χ3v) is 7.31. The number of sulfone groups is 1. The fourth-order valence-electron chi connectivity index (χ4n) is 2.29. The lowest BCUT2D eigenvalue weighted by atomic mass is 10.1. The Labute approximate surface area is 134 Å². The summed E-state index contributed by atoms with van der Waals surface area (Å²) in [5, 5.41) is 9.74. The first-order valence-corrected chi connectivity index (χ1v) is 10.3. The maximum atomic E-state index is 12.0. The molecule has 1 aromatic rings. The van der Waals surface area contributed by atoms with Crippen molar-refractivity contribution in [2.45, 2.75) is 29.9 Å². The van der Waals surface area contributed by atoms with Crippen molar-refractivity contribution in [3.63, 3.8) is 0 Å². The van der Waals surface area contributed by atoms with Crippen LogP contribution in [0.2, 0.25) is 0 Å². The summed E-state index contributed by atoms with van der Waals surface area (Å²) in [5.74, 6) is 0.926. The summed E-state index contributed by atoms with van der Waals surface area (Å²) in [4.78, 5) is 2.45. The van der Waals surface area contributed by atoms with Crippen LogP contribution in [0.1, 0.15) is 25.1 Å². The van der Waals surface area contributed by atoms with Crippen molar-refractivity contribution >= 4 is 43.6 Å². The molecular formula is C13H19N3O2S3. The highest BCUT2D eigenvalue weighted by Gasteiger charge is 2.30. The van der Waals surface area contributed by atoms with Gasteiger partial charge in [0, 0.05) is 29.8 Å². The van der Waals surface area contributed by atoms with E-state index in [1.807, 2.05) is 17.8 Å². The van der Waals surface area contributed by atoms with Gasteiger partial charge in [-0.05, 0) is 6.42 Å². The Morgan fingerprint density at radius 1 is 1.38 bits per heavy atom. The van der Waals surface area contributed by atoms with Gasteiger partial charge in [-0.3, -0.25) is 0 Å². The second-order valence-electron chi connectivity index (χ2n) is 5.71. The van der Waals surface area contributed by atoms with Crippen LogP contribution in [0, 0.1) is 11.3 Å². The number of nitrogens with two attached hydrogens (primary N) is 1. The number of thioether (sulfide) groups is 1. The van der Waals surface area contributed by atoms with Gasteiger partial charge in [0.2, 0.25) is 0 Å². The molecule has 1 aliphatic rings. The Hall–Kier alpha value is -0.910. The number of anilines is 2. The Kier molecular flexibility index (Phi) is 4.47. The highest BCUT2D eigenvalue weighted by Crippen LogP contribution is 2.43. The van der Waals surface area contributed by atoms with E-state index in [1.165, 1.54) is 11.3 Å². The monoisotopic (exact) mass is 345 g/mol. The minimum absolute atomic E-state index is 0.0937. The largest absolute Gasteiger partial charge is 0.396 e. The van der Waals surface area contributed by atoms with Crippen molar-refractivity contribution < 1.29 is 8.42 Å². The van der Waals surface area contributed by atoms with Crippen LogP contribution in [-0.4, -0.2) is 38.3 Å². The summed E-state index contributed by atoms with van der Waals surface area (Å²) in [6.45, 7) is 5.93. The van der Waals surface area contributed by atoms with Crippen molar-refractivity contribution in [3.05, 3.63) is 4.88 Å². The Morgan fingerprint density at radius 3 is 2.62 bits per heavy atom. The molecule has 0 bridgehead atoms. The van der Waals surface area contributed by atoms with Gasteiger partial charge in [-0.15, -0.1) is 11.3 Å². The zero-order valence-corrected chi connectivity index (χ0v) is 14.8. The molecule has 2 heterocycles. The number of nitrogens with zero attached hydrogens (tertiary/aromatic N) is 2. The first-order valence-electron chi connectivity index (χ1n) is 6.57. The number of nitrogen functional groups attached to an aromatic ring is 1. The van der Waals surface area contributed by atoms with Crippen LogP contribution in [0.4, 0.5) is 10.7 Å². The topological polar surface area (TPSA) is 87.2 Å². The first kappa shape index (κ1) is 16.5.